The van der Waals surface area contributed by atoms with Crippen LogP contribution in [-0.4, -0.2) is 24.6 Å². The average molecular weight is 459 g/mol. The first-order valence-electron chi connectivity index (χ1n) is 12.1. The molecule has 0 aliphatic carbocycles. The van der Waals surface area contributed by atoms with Crippen molar-refractivity contribution in [1.82, 2.24) is 10.6 Å². The number of carbonyl (C=O) groups excluding carboxylic acids is 3. The largest absolute Gasteiger partial charge is 0.356 e. The zero-order valence-corrected chi connectivity index (χ0v) is 19.9. The number of fused-ring (bicyclic) bond motifs is 1. The van der Waals surface area contributed by atoms with Gasteiger partial charge in [0.15, 0.2) is 0 Å². The summed E-state index contributed by atoms with van der Waals surface area (Å²) in [4.78, 5) is 36.3. The SMILES string of the molecule is CCC(=O)CCCCC[C@](CNC=O)(NC(=O)Cc1ccccc1)c1cccc2ccccc12. The first-order chi connectivity index (χ1) is 16.6. The molecule has 0 radical (unpaired) electrons. The van der Waals surface area contributed by atoms with Gasteiger partial charge in [-0.1, -0.05) is 92.6 Å². The van der Waals surface area contributed by atoms with E-state index in [4.69, 9.17) is 0 Å². The number of nitrogens with one attached hydrogen (secondary N) is 2. The van der Waals surface area contributed by atoms with Gasteiger partial charge in [0.25, 0.3) is 0 Å². The quantitative estimate of drug-likeness (QED) is 0.262. The van der Waals surface area contributed by atoms with Crippen molar-refractivity contribution in [2.24, 2.45) is 0 Å². The molecule has 0 aliphatic heterocycles. The Morgan fingerprint density at radius 1 is 0.882 bits per heavy atom. The van der Waals surface area contributed by atoms with E-state index in [2.05, 4.69) is 28.8 Å². The summed E-state index contributed by atoms with van der Waals surface area (Å²) in [7, 11) is 0. The maximum absolute atomic E-state index is 13.2. The molecule has 5 heteroatoms. The van der Waals surface area contributed by atoms with Crippen LogP contribution in [0.25, 0.3) is 10.8 Å². The van der Waals surface area contributed by atoms with Crippen LogP contribution in [0.4, 0.5) is 0 Å². The zero-order chi connectivity index (χ0) is 24.2. The van der Waals surface area contributed by atoms with E-state index in [1.54, 1.807) is 0 Å². The van der Waals surface area contributed by atoms with Gasteiger partial charge in [0.2, 0.25) is 12.3 Å². The lowest BCUT2D eigenvalue weighted by molar-refractivity contribution is -0.123. The van der Waals surface area contributed by atoms with E-state index in [9.17, 15) is 14.4 Å². The molecule has 3 aromatic rings. The molecule has 34 heavy (non-hydrogen) atoms. The first kappa shape index (κ1) is 25.2. The molecule has 0 bridgehead atoms. The fourth-order valence-corrected chi connectivity index (χ4v) is 4.55. The molecule has 1 atom stereocenters. The van der Waals surface area contributed by atoms with Crippen LogP contribution in [0.2, 0.25) is 0 Å². The molecule has 0 saturated heterocycles. The summed E-state index contributed by atoms with van der Waals surface area (Å²) in [6.07, 6.45) is 5.30. The second kappa shape index (κ2) is 12.7. The molecule has 3 rings (SSSR count). The molecule has 3 aromatic carbocycles. The number of carbonyl (C=O) groups is 3. The topological polar surface area (TPSA) is 75.3 Å². The summed E-state index contributed by atoms with van der Waals surface area (Å²) in [5.74, 6) is 0.187. The first-order valence-corrected chi connectivity index (χ1v) is 12.1. The van der Waals surface area contributed by atoms with Gasteiger partial charge < -0.3 is 10.6 Å². The number of hydrogen-bond acceptors (Lipinski definition) is 3. The maximum Gasteiger partial charge on any atom is 0.225 e. The lowest BCUT2D eigenvalue weighted by Crippen LogP contribution is -2.52. The van der Waals surface area contributed by atoms with E-state index in [1.165, 1.54) is 0 Å². The van der Waals surface area contributed by atoms with Crippen LogP contribution in [0.3, 0.4) is 0 Å². The second-order valence-electron chi connectivity index (χ2n) is 8.77. The van der Waals surface area contributed by atoms with Gasteiger partial charge in [-0.25, -0.2) is 0 Å². The molecule has 2 amide bonds. The van der Waals surface area contributed by atoms with Crippen molar-refractivity contribution in [2.45, 2.75) is 57.4 Å². The van der Waals surface area contributed by atoms with Crippen LogP contribution in [-0.2, 0) is 26.3 Å². The molecule has 2 N–H and O–H groups in total. The van der Waals surface area contributed by atoms with Crippen LogP contribution >= 0.6 is 0 Å². The Kier molecular flexibility index (Phi) is 9.39. The maximum atomic E-state index is 13.2. The standard InChI is InChI=1S/C29H34N2O3/c1-2-25(33)16-7-4-10-19-29(21-30-22-32,31-28(34)20-23-12-5-3-6-13-23)27-18-11-15-24-14-8-9-17-26(24)27/h3,5-6,8-9,11-15,17-18,22H,2,4,7,10,16,19-21H2,1H3,(H,30,32)(H,31,34)/t29-/m1/s1. The van der Waals surface area contributed by atoms with Gasteiger partial charge in [-0.15, -0.1) is 0 Å². The van der Waals surface area contributed by atoms with E-state index in [-0.39, 0.29) is 18.1 Å². The highest BCUT2D eigenvalue weighted by Crippen LogP contribution is 2.33. The van der Waals surface area contributed by atoms with Crippen LogP contribution in [0, 0.1) is 0 Å². The lowest BCUT2D eigenvalue weighted by Gasteiger charge is -2.36. The Balaban J connectivity index is 1.91. The van der Waals surface area contributed by atoms with E-state index >= 15 is 0 Å². The van der Waals surface area contributed by atoms with E-state index < -0.39 is 5.54 Å². The van der Waals surface area contributed by atoms with E-state index in [1.807, 2.05) is 61.5 Å². The summed E-state index contributed by atoms with van der Waals surface area (Å²) in [5.41, 5.74) is 1.17. The third-order valence-electron chi connectivity index (χ3n) is 6.33. The normalized spacial score (nSPS) is 12.6. The molecule has 0 spiro atoms. The van der Waals surface area contributed by atoms with E-state index in [0.717, 1.165) is 41.2 Å². The number of amides is 2. The molecule has 0 aromatic heterocycles. The highest BCUT2D eigenvalue weighted by atomic mass is 16.2. The van der Waals surface area contributed by atoms with Crippen LogP contribution < -0.4 is 10.6 Å². The van der Waals surface area contributed by atoms with E-state index in [0.29, 0.717) is 32.2 Å². The fraction of sp³-hybridized carbons (Fsp3) is 0.345. The fourth-order valence-electron chi connectivity index (χ4n) is 4.55. The number of benzene rings is 3. The number of rotatable bonds is 14. The summed E-state index contributed by atoms with van der Waals surface area (Å²) in [6, 6.07) is 23.8. The van der Waals surface area contributed by atoms with Crippen molar-refractivity contribution < 1.29 is 14.4 Å². The summed E-state index contributed by atoms with van der Waals surface area (Å²) in [5, 5.41) is 8.29. The van der Waals surface area contributed by atoms with Gasteiger partial charge in [0, 0.05) is 19.4 Å². The molecule has 0 heterocycles. The third-order valence-corrected chi connectivity index (χ3v) is 6.33. The van der Waals surface area contributed by atoms with Crippen molar-refractivity contribution in [3.8, 4) is 0 Å². The Morgan fingerprint density at radius 2 is 1.62 bits per heavy atom. The van der Waals surface area contributed by atoms with Gasteiger partial charge in [0.05, 0.1) is 12.0 Å². The van der Waals surface area contributed by atoms with Crippen molar-refractivity contribution >= 4 is 28.9 Å². The molecular weight excluding hydrogens is 424 g/mol. The highest BCUT2D eigenvalue weighted by Gasteiger charge is 2.34. The predicted octanol–water partition coefficient (Wildman–Crippen LogP) is 5.07. The minimum Gasteiger partial charge on any atom is -0.356 e. The van der Waals surface area contributed by atoms with Crippen molar-refractivity contribution in [3.05, 3.63) is 83.9 Å². The van der Waals surface area contributed by atoms with Gasteiger partial charge >= 0.3 is 0 Å². The number of ketones is 1. The summed E-state index contributed by atoms with van der Waals surface area (Å²) < 4.78 is 0. The third kappa shape index (κ3) is 6.77. The average Bonchev–Trinajstić information content (AvgIpc) is 2.87. The number of unbranched alkanes of at least 4 members (excludes halogenated alkanes) is 2. The Labute approximate surface area is 201 Å². The number of Topliss-reactive ketones (excluding diaryl/α,β-unsaturated/α-hetero) is 1. The smallest absolute Gasteiger partial charge is 0.225 e. The number of hydrogen-bond donors (Lipinski definition) is 2. The Morgan fingerprint density at radius 3 is 2.38 bits per heavy atom. The van der Waals surface area contributed by atoms with Gasteiger partial charge in [-0.05, 0) is 34.7 Å². The molecule has 178 valence electrons. The lowest BCUT2D eigenvalue weighted by atomic mass is 9.81. The minimum atomic E-state index is -0.762. The molecular formula is C29H34N2O3. The zero-order valence-electron chi connectivity index (χ0n) is 19.9. The van der Waals surface area contributed by atoms with Crippen molar-refractivity contribution in [2.75, 3.05) is 6.54 Å². The highest BCUT2D eigenvalue weighted by molar-refractivity contribution is 5.88. The molecule has 0 aliphatic rings. The summed E-state index contributed by atoms with van der Waals surface area (Å²) in [6.45, 7) is 2.18. The summed E-state index contributed by atoms with van der Waals surface area (Å²) >= 11 is 0. The second-order valence-corrected chi connectivity index (χ2v) is 8.77. The van der Waals surface area contributed by atoms with Crippen molar-refractivity contribution in [3.63, 3.8) is 0 Å². The Hall–Kier alpha value is -3.47. The van der Waals surface area contributed by atoms with Crippen LogP contribution in [0.1, 0.15) is 56.6 Å². The van der Waals surface area contributed by atoms with Crippen LogP contribution in [0.5, 0.6) is 0 Å². The predicted molar refractivity (Wildman–Crippen MR) is 136 cm³/mol. The monoisotopic (exact) mass is 458 g/mol. The van der Waals surface area contributed by atoms with Gasteiger partial charge in [-0.2, -0.15) is 0 Å². The van der Waals surface area contributed by atoms with Crippen molar-refractivity contribution in [1.29, 1.82) is 0 Å². The molecule has 5 nitrogen and oxygen atoms in total. The Bertz CT molecular complexity index is 1090. The molecule has 0 fully saturated rings. The molecule has 0 saturated carbocycles. The van der Waals surface area contributed by atoms with Gasteiger partial charge in [-0.3, -0.25) is 14.4 Å². The molecule has 0 unspecified atom stereocenters. The van der Waals surface area contributed by atoms with Crippen LogP contribution in [0.15, 0.2) is 72.8 Å². The van der Waals surface area contributed by atoms with Gasteiger partial charge in [0.1, 0.15) is 5.78 Å². The minimum absolute atomic E-state index is 0.0898.